The number of hydrogen-bond donors (Lipinski definition) is 8. The maximum atomic E-state index is 12.2. The van der Waals surface area contributed by atoms with Crippen LogP contribution in [0.1, 0.15) is 79.1 Å². The highest BCUT2D eigenvalue weighted by Gasteiger charge is 2.56. The Morgan fingerprint density at radius 2 is 0.697 bits per heavy atom. The number of hydrogen-bond acceptors (Lipinski definition) is 25. The smallest absolute Gasteiger partial charge is 0.305 e. The zero-order chi connectivity index (χ0) is 48.2. The molecule has 0 aromatic rings. The van der Waals surface area contributed by atoms with Gasteiger partial charge in [-0.1, -0.05) is 27.7 Å². The van der Waals surface area contributed by atoms with Crippen LogP contribution in [0.5, 0.6) is 0 Å². The van der Waals surface area contributed by atoms with Crippen LogP contribution < -0.4 is 0 Å². The van der Waals surface area contributed by atoms with Crippen LogP contribution in [0.4, 0.5) is 0 Å². The Bertz CT molecular complexity index is 1540. The standard InChI is InChI=1S/C41H66O25/c1-5-9-23(42)54-13-18-27(46)31(50)38(60-18)65-35-29(48)20(15-56-25(44)11-7-3)62-40(35)58-17-22-34(33(52)37(53)59-22)64-41-36(30(49)21(63-41)16-57-26(45)12-8-4)66-39-32(51)28(47)19(61-39)14-55-24(43)10-6-2/h18-22,27-41,46-53H,5-17H2,1-4H3/t18-,19-,20-,21-,22-,27-,28-,29-,30-,31+,32+,33+,34-,35+,36+,37+,38+,39+,40+,41-/m1/s1. The maximum absolute atomic E-state index is 12.2. The fraction of sp³-hybridized carbons (Fsp3) is 0.902. The van der Waals surface area contributed by atoms with Crippen LogP contribution in [0.3, 0.4) is 0 Å². The molecule has 0 bridgehead atoms. The highest BCUT2D eigenvalue weighted by molar-refractivity contribution is 5.70. The summed E-state index contributed by atoms with van der Waals surface area (Å²) in [6.07, 6.45) is -29.1. The zero-order valence-corrected chi connectivity index (χ0v) is 37.3. The van der Waals surface area contributed by atoms with Gasteiger partial charge in [0.25, 0.3) is 0 Å². The minimum absolute atomic E-state index is 0.0590. The zero-order valence-electron chi connectivity index (χ0n) is 37.3. The third-order valence-corrected chi connectivity index (χ3v) is 11.3. The lowest BCUT2D eigenvalue weighted by Crippen LogP contribution is -2.47. The lowest BCUT2D eigenvalue weighted by atomic mass is 10.1. The molecule has 5 saturated heterocycles. The van der Waals surface area contributed by atoms with Crippen molar-refractivity contribution in [1.29, 1.82) is 0 Å². The first-order chi connectivity index (χ1) is 31.5. The number of aliphatic hydroxyl groups excluding tert-OH is 8. The van der Waals surface area contributed by atoms with Gasteiger partial charge in [-0.3, -0.25) is 19.2 Å². The highest BCUT2D eigenvalue weighted by atomic mass is 16.8. The summed E-state index contributed by atoms with van der Waals surface area (Å²) in [4.78, 5) is 48.3. The van der Waals surface area contributed by atoms with Crippen molar-refractivity contribution in [3.63, 3.8) is 0 Å². The van der Waals surface area contributed by atoms with E-state index in [4.69, 9.17) is 61.6 Å². The molecule has 25 heteroatoms. The molecule has 5 aliphatic rings. The fourth-order valence-corrected chi connectivity index (χ4v) is 7.62. The van der Waals surface area contributed by atoms with Gasteiger partial charge in [0, 0.05) is 25.7 Å². The number of carbonyl (C=O) groups excluding carboxylic acids is 4. The van der Waals surface area contributed by atoms with Crippen LogP contribution >= 0.6 is 0 Å². The van der Waals surface area contributed by atoms with E-state index in [1.165, 1.54) is 0 Å². The van der Waals surface area contributed by atoms with E-state index in [1.54, 1.807) is 27.7 Å². The first-order valence-electron chi connectivity index (χ1n) is 22.4. The Morgan fingerprint density at radius 1 is 0.364 bits per heavy atom. The van der Waals surface area contributed by atoms with Gasteiger partial charge < -0.3 is 102 Å². The van der Waals surface area contributed by atoms with Crippen molar-refractivity contribution >= 4 is 23.9 Å². The Kier molecular flexibility index (Phi) is 21.1. The Hall–Kier alpha value is -2.80. The van der Waals surface area contributed by atoms with Crippen LogP contribution in [0.2, 0.25) is 0 Å². The number of carbonyl (C=O) groups is 4. The third kappa shape index (κ3) is 13.9. The molecular formula is C41H66O25. The SMILES string of the molecule is CCCC(=O)OC[C@H]1O[C@@H](O[C@@H]2[C@@H](OC[C@H]3O[C@H](O)[C@@H](O)[C@@H]3O[C@H]3O[C@H](COC(=O)CCC)[C@@H](O)[C@@H]3O[C@@H]3O[C@H](COC(=O)CCC)[C@@H](O)[C@@H]3O)O[C@H](COC(=O)CCC)[C@H]2O)[C@@H](O)[C@@H]1O. The molecule has 0 unspecified atom stereocenters. The van der Waals surface area contributed by atoms with Gasteiger partial charge in [0.15, 0.2) is 31.5 Å². The number of aliphatic hydroxyl groups is 8. The molecule has 8 N–H and O–H groups in total. The lowest BCUT2D eigenvalue weighted by molar-refractivity contribution is -0.270. The highest BCUT2D eigenvalue weighted by Crippen LogP contribution is 2.36. The molecule has 0 aromatic carbocycles. The molecule has 5 fully saturated rings. The summed E-state index contributed by atoms with van der Waals surface area (Å²) in [5.41, 5.74) is 0. The first-order valence-corrected chi connectivity index (χ1v) is 22.4. The van der Waals surface area contributed by atoms with Gasteiger partial charge in [-0.25, -0.2) is 0 Å². The van der Waals surface area contributed by atoms with Crippen molar-refractivity contribution in [3.05, 3.63) is 0 Å². The van der Waals surface area contributed by atoms with Gasteiger partial charge in [-0.2, -0.15) is 0 Å². The molecule has 20 atom stereocenters. The van der Waals surface area contributed by atoms with E-state index < -0.39 is 180 Å². The molecule has 0 aliphatic carbocycles. The van der Waals surface area contributed by atoms with E-state index in [0.717, 1.165) is 0 Å². The summed E-state index contributed by atoms with van der Waals surface area (Å²) in [5.74, 6) is -2.31. The second-order valence-corrected chi connectivity index (χ2v) is 16.5. The van der Waals surface area contributed by atoms with Crippen molar-refractivity contribution in [1.82, 2.24) is 0 Å². The van der Waals surface area contributed by atoms with Gasteiger partial charge in [0.2, 0.25) is 0 Å². The van der Waals surface area contributed by atoms with Gasteiger partial charge in [0.1, 0.15) is 118 Å². The lowest BCUT2D eigenvalue weighted by Gasteiger charge is -2.30. The average molecular weight is 959 g/mol. The van der Waals surface area contributed by atoms with E-state index >= 15 is 0 Å². The van der Waals surface area contributed by atoms with Crippen LogP contribution in [0.25, 0.3) is 0 Å². The van der Waals surface area contributed by atoms with Crippen molar-refractivity contribution in [3.8, 4) is 0 Å². The van der Waals surface area contributed by atoms with Crippen molar-refractivity contribution in [2.24, 2.45) is 0 Å². The molecule has 0 spiro atoms. The summed E-state index contributed by atoms with van der Waals surface area (Å²) in [6.45, 7) is 4.61. The normalized spacial score (nSPS) is 39.9. The molecule has 0 radical (unpaired) electrons. The summed E-state index contributed by atoms with van der Waals surface area (Å²) >= 11 is 0. The van der Waals surface area contributed by atoms with Gasteiger partial charge in [0.05, 0.1) is 6.61 Å². The second kappa shape index (κ2) is 25.7. The molecule has 5 rings (SSSR count). The van der Waals surface area contributed by atoms with Crippen molar-refractivity contribution in [2.45, 2.75) is 202 Å². The Labute approximate surface area is 380 Å². The average Bonchev–Trinajstić information content (AvgIpc) is 4.00. The molecule has 380 valence electrons. The van der Waals surface area contributed by atoms with Crippen LogP contribution in [0.15, 0.2) is 0 Å². The second-order valence-electron chi connectivity index (χ2n) is 16.5. The molecule has 25 nitrogen and oxygen atoms in total. The summed E-state index contributed by atoms with van der Waals surface area (Å²) in [5, 5.41) is 87.5. The van der Waals surface area contributed by atoms with Gasteiger partial charge in [-0.15, -0.1) is 0 Å². The fourth-order valence-electron chi connectivity index (χ4n) is 7.62. The number of esters is 4. The maximum Gasteiger partial charge on any atom is 0.305 e. The van der Waals surface area contributed by atoms with E-state index in [2.05, 4.69) is 0 Å². The predicted octanol–water partition coefficient (Wildman–Crippen LogP) is -3.33. The predicted molar refractivity (Wildman–Crippen MR) is 212 cm³/mol. The van der Waals surface area contributed by atoms with Crippen molar-refractivity contribution in [2.75, 3.05) is 33.0 Å². The summed E-state index contributed by atoms with van der Waals surface area (Å²) in [7, 11) is 0. The topological polar surface area (TPSA) is 350 Å². The van der Waals surface area contributed by atoms with Gasteiger partial charge >= 0.3 is 23.9 Å². The molecule has 0 aromatic heterocycles. The van der Waals surface area contributed by atoms with Crippen molar-refractivity contribution < 1.29 is 122 Å². The number of rotatable bonds is 25. The molecule has 0 saturated carbocycles. The minimum Gasteiger partial charge on any atom is -0.463 e. The first kappa shape index (κ1) is 54.1. The molecule has 66 heavy (non-hydrogen) atoms. The van der Waals surface area contributed by atoms with Crippen LogP contribution in [-0.2, 0) is 80.8 Å². The summed E-state index contributed by atoms with van der Waals surface area (Å²) in [6, 6.07) is 0. The van der Waals surface area contributed by atoms with E-state index in [1.807, 2.05) is 0 Å². The Balaban J connectivity index is 1.30. The molecule has 5 aliphatic heterocycles. The largest absolute Gasteiger partial charge is 0.463 e. The van der Waals surface area contributed by atoms with Crippen LogP contribution in [-0.4, -0.2) is 221 Å². The van der Waals surface area contributed by atoms with E-state index in [0.29, 0.717) is 25.7 Å². The Morgan fingerprint density at radius 3 is 1.09 bits per heavy atom. The third-order valence-electron chi connectivity index (χ3n) is 11.3. The molecular weight excluding hydrogens is 892 g/mol. The van der Waals surface area contributed by atoms with E-state index in [9.17, 15) is 60.0 Å². The number of ether oxygens (including phenoxy) is 13. The minimum atomic E-state index is -1.90. The van der Waals surface area contributed by atoms with Gasteiger partial charge in [-0.05, 0) is 25.7 Å². The summed E-state index contributed by atoms with van der Waals surface area (Å²) < 4.78 is 73.3. The van der Waals surface area contributed by atoms with Crippen LogP contribution in [0, 0.1) is 0 Å². The molecule has 0 amide bonds. The van der Waals surface area contributed by atoms with E-state index in [-0.39, 0.29) is 25.7 Å². The monoisotopic (exact) mass is 958 g/mol. The quantitative estimate of drug-likeness (QED) is 0.0328. The molecule has 5 heterocycles.